The van der Waals surface area contributed by atoms with Gasteiger partial charge in [0.25, 0.3) is 0 Å². The Kier molecular flexibility index (Phi) is 5.41. The van der Waals surface area contributed by atoms with Crippen LogP contribution in [0.4, 0.5) is 0 Å². The molecule has 0 heterocycles. The zero-order chi connectivity index (χ0) is 4.24. The molecule has 1 radical (unpaired) electrons. The van der Waals surface area contributed by atoms with Gasteiger partial charge in [-0.25, -0.2) is 0 Å². The molecule has 1 rings (SSSR count). The Hall–Kier alpha value is 0.740. The van der Waals surface area contributed by atoms with Crippen molar-refractivity contribution in [3.8, 4) is 0 Å². The number of allylic oxidation sites excluding steroid dienone is 2. The Bertz CT molecular complexity index is 49.2. The van der Waals surface area contributed by atoms with E-state index >= 15 is 0 Å². The largest absolute Gasteiger partial charge is 0.0885 e. The molecular weight excluding hydrogens is 95.1 g/mol. The fourth-order valence-corrected chi connectivity index (χ4v) is 0.760. The van der Waals surface area contributed by atoms with Crippen LogP contribution in [0.3, 0.4) is 0 Å². The molecule has 0 saturated heterocycles. The van der Waals surface area contributed by atoms with Crippen molar-refractivity contribution in [1.29, 1.82) is 0 Å². The molecule has 0 amide bonds. The van der Waals surface area contributed by atoms with E-state index in [0.717, 1.165) is 0 Å². The van der Waals surface area contributed by atoms with Gasteiger partial charge in [-0.05, 0) is 25.7 Å². The molecule has 1 heteroatoms. The molecule has 0 bridgehead atoms. The summed E-state index contributed by atoms with van der Waals surface area (Å²) in [4.78, 5) is 0. The third kappa shape index (κ3) is 3.33. The van der Waals surface area contributed by atoms with Crippen LogP contribution in [0.1, 0.15) is 25.7 Å². The Morgan fingerprint density at radius 3 is 1.43 bits per heavy atom. The number of hydrogen-bond donors (Lipinski definition) is 0. The first kappa shape index (κ1) is 7.74. The van der Waals surface area contributed by atoms with E-state index < -0.39 is 0 Å². The van der Waals surface area contributed by atoms with Crippen molar-refractivity contribution >= 4 is 29.6 Å². The standard InChI is InChI=1S/C6H10.Na/c1-2-4-6-5-3-1;/h1-2H,3-6H2;. The third-order valence-corrected chi connectivity index (χ3v) is 1.16. The second-order valence-corrected chi connectivity index (χ2v) is 1.76. The van der Waals surface area contributed by atoms with Gasteiger partial charge >= 0.3 is 0 Å². The van der Waals surface area contributed by atoms with Crippen molar-refractivity contribution in [2.75, 3.05) is 0 Å². The molecule has 1 aliphatic rings. The monoisotopic (exact) mass is 105 g/mol. The molecule has 0 aromatic carbocycles. The molecule has 0 fully saturated rings. The summed E-state index contributed by atoms with van der Waals surface area (Å²) < 4.78 is 0. The van der Waals surface area contributed by atoms with Crippen molar-refractivity contribution in [3.63, 3.8) is 0 Å². The smallest absolute Gasteiger partial charge is 0 e. The molecule has 0 atom stereocenters. The Labute approximate surface area is 67.3 Å². The van der Waals surface area contributed by atoms with Crippen LogP contribution in [-0.4, -0.2) is 29.6 Å². The summed E-state index contributed by atoms with van der Waals surface area (Å²) in [5.74, 6) is 0. The van der Waals surface area contributed by atoms with Crippen molar-refractivity contribution < 1.29 is 0 Å². The Morgan fingerprint density at radius 2 is 1.29 bits per heavy atom. The van der Waals surface area contributed by atoms with Crippen molar-refractivity contribution in [2.45, 2.75) is 25.7 Å². The summed E-state index contributed by atoms with van der Waals surface area (Å²) in [6, 6.07) is 0. The van der Waals surface area contributed by atoms with Gasteiger partial charge in [-0.15, -0.1) is 0 Å². The van der Waals surface area contributed by atoms with Crippen LogP contribution in [-0.2, 0) is 0 Å². The maximum atomic E-state index is 2.27. The van der Waals surface area contributed by atoms with Gasteiger partial charge in [-0.1, -0.05) is 12.2 Å². The molecule has 35 valence electrons. The summed E-state index contributed by atoms with van der Waals surface area (Å²) in [5, 5.41) is 0. The van der Waals surface area contributed by atoms with E-state index in [9.17, 15) is 0 Å². The molecule has 0 saturated carbocycles. The average molecular weight is 105 g/mol. The fraction of sp³-hybridized carbons (Fsp3) is 0.667. The first-order valence-corrected chi connectivity index (χ1v) is 2.65. The van der Waals surface area contributed by atoms with Crippen LogP contribution in [0, 0.1) is 0 Å². The van der Waals surface area contributed by atoms with Crippen molar-refractivity contribution in [1.82, 2.24) is 0 Å². The van der Waals surface area contributed by atoms with Gasteiger partial charge < -0.3 is 0 Å². The van der Waals surface area contributed by atoms with Crippen LogP contribution in [0.5, 0.6) is 0 Å². The molecule has 0 N–H and O–H groups in total. The molecule has 0 unspecified atom stereocenters. The zero-order valence-electron chi connectivity index (χ0n) is 4.98. The van der Waals surface area contributed by atoms with Crippen LogP contribution in [0.2, 0.25) is 0 Å². The zero-order valence-corrected chi connectivity index (χ0v) is 6.98. The first-order chi connectivity index (χ1) is 3.00. The molecule has 0 spiro atoms. The molecule has 7 heavy (non-hydrogen) atoms. The molecule has 0 aliphatic heterocycles. The maximum absolute atomic E-state index is 2.27. The van der Waals surface area contributed by atoms with E-state index in [1.54, 1.807) is 0 Å². The van der Waals surface area contributed by atoms with Crippen LogP contribution < -0.4 is 0 Å². The van der Waals surface area contributed by atoms with E-state index in [-0.39, 0.29) is 29.6 Å². The summed E-state index contributed by atoms with van der Waals surface area (Å²) in [5.41, 5.74) is 0. The molecule has 0 aromatic rings. The molecule has 0 nitrogen and oxygen atoms in total. The third-order valence-electron chi connectivity index (χ3n) is 1.16. The van der Waals surface area contributed by atoms with E-state index in [4.69, 9.17) is 0 Å². The minimum atomic E-state index is 0. The Morgan fingerprint density at radius 1 is 0.857 bits per heavy atom. The minimum Gasteiger partial charge on any atom is -0.0885 e. The molecule has 1 aliphatic carbocycles. The quantitative estimate of drug-likeness (QED) is 0.325. The second kappa shape index (κ2) is 4.89. The van der Waals surface area contributed by atoms with Crippen molar-refractivity contribution in [2.24, 2.45) is 0 Å². The maximum Gasteiger partial charge on any atom is 0 e. The summed E-state index contributed by atoms with van der Waals surface area (Å²) >= 11 is 0. The topological polar surface area (TPSA) is 0 Å². The Balaban J connectivity index is 0.000000360. The van der Waals surface area contributed by atoms with Gasteiger partial charge in [0.05, 0.1) is 0 Å². The van der Waals surface area contributed by atoms with Gasteiger partial charge in [0.15, 0.2) is 0 Å². The van der Waals surface area contributed by atoms with E-state index in [1.165, 1.54) is 25.7 Å². The van der Waals surface area contributed by atoms with Crippen LogP contribution in [0.25, 0.3) is 0 Å². The van der Waals surface area contributed by atoms with Gasteiger partial charge in [0.2, 0.25) is 0 Å². The minimum absolute atomic E-state index is 0. The first-order valence-electron chi connectivity index (χ1n) is 2.65. The van der Waals surface area contributed by atoms with Crippen LogP contribution in [0.15, 0.2) is 12.2 Å². The number of hydrogen-bond acceptors (Lipinski definition) is 0. The summed E-state index contributed by atoms with van der Waals surface area (Å²) in [7, 11) is 0. The van der Waals surface area contributed by atoms with Gasteiger partial charge in [-0.3, -0.25) is 0 Å². The van der Waals surface area contributed by atoms with Crippen molar-refractivity contribution in [3.05, 3.63) is 12.2 Å². The molecular formula is C6H10Na. The van der Waals surface area contributed by atoms with E-state index in [1.807, 2.05) is 0 Å². The predicted molar refractivity (Wildman–Crippen MR) is 33.4 cm³/mol. The SMILES string of the molecule is C1=CCCCC1.[Na]. The van der Waals surface area contributed by atoms with Gasteiger partial charge in [0.1, 0.15) is 0 Å². The number of rotatable bonds is 0. The molecule has 0 aromatic heterocycles. The van der Waals surface area contributed by atoms with Gasteiger partial charge in [0, 0.05) is 29.6 Å². The van der Waals surface area contributed by atoms with E-state index in [0.29, 0.717) is 0 Å². The predicted octanol–water partition coefficient (Wildman–Crippen LogP) is 1.74. The van der Waals surface area contributed by atoms with E-state index in [2.05, 4.69) is 12.2 Å². The second-order valence-electron chi connectivity index (χ2n) is 1.76. The normalized spacial score (nSPS) is 18.3. The summed E-state index contributed by atoms with van der Waals surface area (Å²) in [6.07, 6.45) is 10.0. The van der Waals surface area contributed by atoms with Gasteiger partial charge in [-0.2, -0.15) is 0 Å². The average Bonchev–Trinajstić information content (AvgIpc) is 1.72. The summed E-state index contributed by atoms with van der Waals surface area (Å²) in [6.45, 7) is 0. The fourth-order valence-electron chi connectivity index (χ4n) is 0.760. The van der Waals surface area contributed by atoms with Crippen LogP contribution >= 0.6 is 0 Å².